The predicted octanol–water partition coefficient (Wildman–Crippen LogP) is 4.37. The summed E-state index contributed by atoms with van der Waals surface area (Å²) in [5.74, 6) is 2.23. The topological polar surface area (TPSA) is 81.5 Å². The van der Waals surface area contributed by atoms with Gasteiger partial charge in [-0.3, -0.25) is 14.3 Å². The number of rotatable bonds is 7. The summed E-state index contributed by atoms with van der Waals surface area (Å²) in [6.45, 7) is 3.05. The molecule has 1 saturated heterocycles. The van der Waals surface area contributed by atoms with Gasteiger partial charge < -0.3 is 14.8 Å². The van der Waals surface area contributed by atoms with Crippen LogP contribution in [0.1, 0.15) is 25.1 Å². The van der Waals surface area contributed by atoms with E-state index >= 15 is 0 Å². The predicted molar refractivity (Wildman–Crippen MR) is 127 cm³/mol. The zero-order valence-corrected chi connectivity index (χ0v) is 19.6. The fourth-order valence-corrected chi connectivity index (χ4v) is 4.86. The van der Waals surface area contributed by atoms with Crippen LogP contribution >= 0.6 is 23.4 Å². The first kappa shape index (κ1) is 22.1. The van der Waals surface area contributed by atoms with Crippen molar-refractivity contribution < 1.29 is 14.3 Å². The number of piperidine rings is 1. The van der Waals surface area contributed by atoms with E-state index < -0.39 is 0 Å². The molecule has 3 heterocycles. The lowest BCUT2D eigenvalue weighted by Gasteiger charge is -2.26. The van der Waals surface area contributed by atoms with Crippen molar-refractivity contribution in [1.82, 2.24) is 19.7 Å². The summed E-state index contributed by atoms with van der Waals surface area (Å²) in [4.78, 5) is 15.0. The van der Waals surface area contributed by atoms with Crippen molar-refractivity contribution in [2.75, 3.05) is 31.0 Å². The average Bonchev–Trinajstić information content (AvgIpc) is 3.45. The molecule has 33 heavy (non-hydrogen) atoms. The highest BCUT2D eigenvalue weighted by atomic mass is 35.5. The smallest absolute Gasteiger partial charge is 0.234 e. The van der Waals surface area contributed by atoms with E-state index in [-0.39, 0.29) is 18.5 Å². The Labute approximate surface area is 201 Å². The van der Waals surface area contributed by atoms with Crippen molar-refractivity contribution >= 4 is 35.0 Å². The quantitative estimate of drug-likeness (QED) is 0.498. The second kappa shape index (κ2) is 10.0. The number of amides is 1. The molecule has 5 rings (SSSR count). The van der Waals surface area contributed by atoms with Crippen LogP contribution in [-0.4, -0.2) is 51.2 Å². The van der Waals surface area contributed by atoms with Crippen molar-refractivity contribution in [2.24, 2.45) is 0 Å². The van der Waals surface area contributed by atoms with Crippen LogP contribution in [0.25, 0.3) is 5.69 Å². The third kappa shape index (κ3) is 5.26. The molecule has 0 saturated carbocycles. The monoisotopic (exact) mass is 485 g/mol. The van der Waals surface area contributed by atoms with Crippen molar-refractivity contribution in [2.45, 2.75) is 31.0 Å². The van der Waals surface area contributed by atoms with Crippen LogP contribution in [0.15, 0.2) is 47.6 Å². The number of fused-ring (bicyclic) bond motifs is 1. The lowest BCUT2D eigenvalue weighted by atomic mass is 10.1. The van der Waals surface area contributed by atoms with Crippen molar-refractivity contribution in [3.63, 3.8) is 0 Å². The molecular formula is C23H24ClN5O3S. The molecule has 2 aliphatic heterocycles. The van der Waals surface area contributed by atoms with Crippen molar-refractivity contribution in [3.05, 3.63) is 53.3 Å². The highest BCUT2D eigenvalue weighted by molar-refractivity contribution is 7.99. The van der Waals surface area contributed by atoms with E-state index in [2.05, 4.69) is 20.4 Å². The maximum Gasteiger partial charge on any atom is 0.234 e. The molecule has 0 aliphatic carbocycles. The molecule has 0 radical (unpaired) electrons. The first-order valence-electron chi connectivity index (χ1n) is 10.9. The molecule has 0 spiro atoms. The van der Waals surface area contributed by atoms with Gasteiger partial charge in [0, 0.05) is 22.5 Å². The minimum Gasteiger partial charge on any atom is -0.454 e. The molecular weight excluding hydrogens is 462 g/mol. The highest BCUT2D eigenvalue weighted by Crippen LogP contribution is 2.34. The molecule has 1 fully saturated rings. The van der Waals surface area contributed by atoms with Crippen LogP contribution in [0, 0.1) is 0 Å². The van der Waals surface area contributed by atoms with Gasteiger partial charge in [-0.05, 0) is 62.3 Å². The van der Waals surface area contributed by atoms with E-state index in [1.165, 1.54) is 31.0 Å². The number of ether oxygens (including phenoxy) is 2. The number of likely N-dealkylation sites (tertiary alicyclic amines) is 1. The first-order chi connectivity index (χ1) is 16.2. The Morgan fingerprint density at radius 3 is 2.64 bits per heavy atom. The number of nitrogens with one attached hydrogen (secondary N) is 1. The maximum atomic E-state index is 12.6. The summed E-state index contributed by atoms with van der Waals surface area (Å²) in [5, 5.41) is 13.1. The Bertz CT molecular complexity index is 1130. The Morgan fingerprint density at radius 2 is 1.82 bits per heavy atom. The van der Waals surface area contributed by atoms with Crippen LogP contribution in [0.5, 0.6) is 11.5 Å². The number of halogens is 1. The van der Waals surface area contributed by atoms with E-state index in [4.69, 9.17) is 21.1 Å². The lowest BCUT2D eigenvalue weighted by Crippen LogP contribution is -2.30. The molecule has 8 nitrogen and oxygen atoms in total. The molecule has 1 N–H and O–H groups in total. The molecule has 0 unspecified atom stereocenters. The van der Waals surface area contributed by atoms with Crippen LogP contribution in [0.3, 0.4) is 0 Å². The standard InChI is InChI=1S/C23H24ClN5O3S/c24-16-4-7-18(8-5-16)29-21(13-28-10-2-1-3-11-28)26-27-23(29)33-14-22(30)25-17-6-9-19-20(12-17)32-15-31-19/h4-9,12H,1-3,10-11,13-15H2,(H,25,30). The number of benzene rings is 2. The number of aromatic nitrogens is 3. The van der Waals surface area contributed by atoms with Gasteiger partial charge in [0.2, 0.25) is 12.7 Å². The maximum absolute atomic E-state index is 12.6. The summed E-state index contributed by atoms with van der Waals surface area (Å²) in [6, 6.07) is 12.9. The number of carbonyl (C=O) groups excluding carboxylic acids is 1. The molecule has 0 atom stereocenters. The number of hydrogen-bond donors (Lipinski definition) is 1. The van der Waals surface area contributed by atoms with Crippen LogP contribution in [0.2, 0.25) is 5.02 Å². The SMILES string of the molecule is O=C(CSc1nnc(CN2CCCCC2)n1-c1ccc(Cl)cc1)Nc1ccc2c(c1)OCO2. The van der Waals surface area contributed by atoms with Gasteiger partial charge in [0.15, 0.2) is 22.5 Å². The number of anilines is 1. The summed E-state index contributed by atoms with van der Waals surface area (Å²) >= 11 is 7.45. The summed E-state index contributed by atoms with van der Waals surface area (Å²) < 4.78 is 12.7. The fourth-order valence-electron chi connectivity index (χ4n) is 3.96. The zero-order valence-electron chi connectivity index (χ0n) is 18.0. The largest absolute Gasteiger partial charge is 0.454 e. The zero-order chi connectivity index (χ0) is 22.6. The Kier molecular flexibility index (Phi) is 6.70. The Hall–Kier alpha value is -2.75. The Morgan fingerprint density at radius 1 is 1.03 bits per heavy atom. The molecule has 3 aromatic rings. The van der Waals surface area contributed by atoms with E-state index in [1.54, 1.807) is 18.2 Å². The number of carbonyl (C=O) groups is 1. The molecule has 2 aromatic carbocycles. The molecule has 0 bridgehead atoms. The van der Waals surface area contributed by atoms with E-state index in [0.717, 1.165) is 31.1 Å². The van der Waals surface area contributed by atoms with Crippen LogP contribution in [0.4, 0.5) is 5.69 Å². The van der Waals surface area contributed by atoms with E-state index in [0.29, 0.717) is 27.4 Å². The molecule has 1 aromatic heterocycles. The summed E-state index contributed by atoms with van der Waals surface area (Å²) in [5.41, 5.74) is 1.59. The summed E-state index contributed by atoms with van der Waals surface area (Å²) in [7, 11) is 0. The van der Waals surface area contributed by atoms with Gasteiger partial charge in [-0.2, -0.15) is 0 Å². The van der Waals surface area contributed by atoms with E-state index in [9.17, 15) is 4.79 Å². The lowest BCUT2D eigenvalue weighted by molar-refractivity contribution is -0.113. The van der Waals surface area contributed by atoms with Crippen LogP contribution in [-0.2, 0) is 11.3 Å². The number of nitrogens with zero attached hydrogens (tertiary/aromatic N) is 4. The molecule has 1 amide bonds. The van der Waals surface area contributed by atoms with Crippen molar-refractivity contribution in [3.8, 4) is 17.2 Å². The molecule has 172 valence electrons. The average molecular weight is 486 g/mol. The van der Waals surface area contributed by atoms with Gasteiger partial charge in [-0.15, -0.1) is 10.2 Å². The minimum atomic E-state index is -0.137. The summed E-state index contributed by atoms with van der Waals surface area (Å²) in [6.07, 6.45) is 3.69. The Balaban J connectivity index is 1.30. The first-order valence-corrected chi connectivity index (χ1v) is 12.3. The highest BCUT2D eigenvalue weighted by Gasteiger charge is 2.20. The van der Waals surface area contributed by atoms with Gasteiger partial charge in [-0.25, -0.2) is 0 Å². The molecule has 10 heteroatoms. The third-order valence-corrected chi connectivity index (χ3v) is 6.77. The van der Waals surface area contributed by atoms with Crippen LogP contribution < -0.4 is 14.8 Å². The van der Waals surface area contributed by atoms with Gasteiger partial charge in [0.1, 0.15) is 0 Å². The second-order valence-electron chi connectivity index (χ2n) is 7.95. The van der Waals surface area contributed by atoms with E-state index in [1.807, 2.05) is 28.8 Å². The van der Waals surface area contributed by atoms with Gasteiger partial charge in [0.05, 0.1) is 12.3 Å². The van der Waals surface area contributed by atoms with Gasteiger partial charge in [0.25, 0.3) is 0 Å². The van der Waals surface area contributed by atoms with Crippen molar-refractivity contribution in [1.29, 1.82) is 0 Å². The van der Waals surface area contributed by atoms with Gasteiger partial charge >= 0.3 is 0 Å². The minimum absolute atomic E-state index is 0.137. The number of hydrogen-bond acceptors (Lipinski definition) is 7. The third-order valence-electron chi connectivity index (χ3n) is 5.59. The fraction of sp³-hybridized carbons (Fsp3) is 0.348. The normalized spacial score (nSPS) is 15.5. The number of thioether (sulfide) groups is 1. The molecule has 2 aliphatic rings. The second-order valence-corrected chi connectivity index (χ2v) is 9.33. The van der Waals surface area contributed by atoms with Gasteiger partial charge in [-0.1, -0.05) is 29.8 Å².